The number of oxazole rings is 1. The number of aromatic hydroxyl groups is 1. The standard InChI is InChI=1S/C12H10N2O2/c1-2-8-13-12-14-11(15)10(16-12)9-6-4-3-5-7-9/h1,3-7,15H,8H2,(H,13,14). The Morgan fingerprint density at radius 2 is 2.12 bits per heavy atom. The maximum atomic E-state index is 9.59. The predicted octanol–water partition coefficient (Wildman–Crippen LogP) is 2.09. The Bertz CT molecular complexity index is 512. The SMILES string of the molecule is C#CCNc1nc(O)c(-c2ccccc2)o1. The fourth-order valence-electron chi connectivity index (χ4n) is 1.29. The second-order valence-electron chi connectivity index (χ2n) is 3.10. The van der Waals surface area contributed by atoms with Crippen molar-refractivity contribution in [1.82, 2.24) is 4.98 Å². The van der Waals surface area contributed by atoms with E-state index in [9.17, 15) is 5.11 Å². The van der Waals surface area contributed by atoms with Gasteiger partial charge in [0.25, 0.3) is 11.9 Å². The van der Waals surface area contributed by atoms with Crippen molar-refractivity contribution in [2.24, 2.45) is 0 Å². The van der Waals surface area contributed by atoms with Crippen LogP contribution < -0.4 is 5.32 Å². The van der Waals surface area contributed by atoms with E-state index in [1.165, 1.54) is 0 Å². The molecule has 0 bridgehead atoms. The maximum absolute atomic E-state index is 9.59. The highest BCUT2D eigenvalue weighted by molar-refractivity contribution is 5.63. The van der Waals surface area contributed by atoms with Crippen LogP contribution in [0.1, 0.15) is 0 Å². The van der Waals surface area contributed by atoms with E-state index in [-0.39, 0.29) is 11.9 Å². The number of terminal acetylenes is 1. The van der Waals surface area contributed by atoms with Gasteiger partial charge in [0.05, 0.1) is 6.54 Å². The summed E-state index contributed by atoms with van der Waals surface area (Å²) in [6.07, 6.45) is 5.09. The molecule has 2 aromatic rings. The van der Waals surface area contributed by atoms with Crippen molar-refractivity contribution in [1.29, 1.82) is 0 Å². The zero-order valence-corrected chi connectivity index (χ0v) is 8.47. The van der Waals surface area contributed by atoms with Gasteiger partial charge in [0, 0.05) is 5.56 Å². The number of nitrogens with zero attached hydrogens (tertiary/aromatic N) is 1. The quantitative estimate of drug-likeness (QED) is 0.768. The van der Waals surface area contributed by atoms with Crippen molar-refractivity contribution in [3.8, 4) is 29.5 Å². The van der Waals surface area contributed by atoms with Gasteiger partial charge in [-0.3, -0.25) is 0 Å². The highest BCUT2D eigenvalue weighted by Crippen LogP contribution is 2.31. The Kier molecular flexibility index (Phi) is 2.79. The van der Waals surface area contributed by atoms with Crippen LogP contribution in [-0.4, -0.2) is 16.6 Å². The number of aromatic nitrogens is 1. The molecule has 1 heterocycles. The third kappa shape index (κ3) is 1.98. The van der Waals surface area contributed by atoms with Crippen molar-refractivity contribution in [2.45, 2.75) is 0 Å². The van der Waals surface area contributed by atoms with Crippen molar-refractivity contribution < 1.29 is 9.52 Å². The van der Waals surface area contributed by atoms with Gasteiger partial charge in [0.1, 0.15) is 0 Å². The number of hydrogen-bond donors (Lipinski definition) is 2. The van der Waals surface area contributed by atoms with Crippen LogP contribution in [0.25, 0.3) is 11.3 Å². The second-order valence-corrected chi connectivity index (χ2v) is 3.10. The Morgan fingerprint density at radius 1 is 1.38 bits per heavy atom. The lowest BCUT2D eigenvalue weighted by Gasteiger charge is -1.95. The molecule has 0 aliphatic rings. The zero-order chi connectivity index (χ0) is 11.4. The van der Waals surface area contributed by atoms with E-state index < -0.39 is 0 Å². The lowest BCUT2D eigenvalue weighted by atomic mass is 10.2. The minimum Gasteiger partial charge on any atom is -0.490 e. The molecule has 0 atom stereocenters. The van der Waals surface area contributed by atoms with Gasteiger partial charge in [-0.1, -0.05) is 36.3 Å². The van der Waals surface area contributed by atoms with Gasteiger partial charge < -0.3 is 14.8 Å². The van der Waals surface area contributed by atoms with Gasteiger partial charge >= 0.3 is 0 Å². The van der Waals surface area contributed by atoms with Crippen LogP contribution >= 0.6 is 0 Å². The van der Waals surface area contributed by atoms with Crippen LogP contribution in [-0.2, 0) is 0 Å². The summed E-state index contributed by atoms with van der Waals surface area (Å²) in [6.45, 7) is 0.300. The third-order valence-electron chi connectivity index (χ3n) is 1.99. The van der Waals surface area contributed by atoms with E-state index in [0.717, 1.165) is 5.56 Å². The molecule has 1 aromatic carbocycles. The van der Waals surface area contributed by atoms with E-state index in [4.69, 9.17) is 10.8 Å². The molecule has 0 fully saturated rings. The largest absolute Gasteiger partial charge is 0.490 e. The van der Waals surface area contributed by atoms with Gasteiger partial charge in [-0.25, -0.2) is 0 Å². The highest BCUT2D eigenvalue weighted by Gasteiger charge is 2.13. The van der Waals surface area contributed by atoms with Gasteiger partial charge in [-0.05, 0) is 0 Å². The Balaban J connectivity index is 2.29. The second kappa shape index (κ2) is 4.41. The summed E-state index contributed by atoms with van der Waals surface area (Å²) in [5, 5.41) is 12.3. The number of benzene rings is 1. The van der Waals surface area contributed by atoms with Crippen LogP contribution in [0.3, 0.4) is 0 Å². The minimum absolute atomic E-state index is 0.147. The molecule has 0 aliphatic heterocycles. The van der Waals surface area contributed by atoms with E-state index in [0.29, 0.717) is 12.3 Å². The summed E-state index contributed by atoms with van der Waals surface area (Å²) in [6, 6.07) is 9.46. The fourth-order valence-corrected chi connectivity index (χ4v) is 1.29. The van der Waals surface area contributed by atoms with Gasteiger partial charge in [0.15, 0.2) is 5.76 Å². The maximum Gasteiger partial charge on any atom is 0.299 e. The zero-order valence-electron chi connectivity index (χ0n) is 8.47. The molecule has 0 unspecified atom stereocenters. The van der Waals surface area contributed by atoms with Crippen LogP contribution in [0.2, 0.25) is 0 Å². The first-order valence-electron chi connectivity index (χ1n) is 4.74. The van der Waals surface area contributed by atoms with E-state index >= 15 is 0 Å². The number of hydrogen-bond acceptors (Lipinski definition) is 4. The summed E-state index contributed by atoms with van der Waals surface area (Å²) in [7, 11) is 0. The lowest BCUT2D eigenvalue weighted by Crippen LogP contribution is -1.97. The molecule has 0 saturated heterocycles. The Hall–Kier alpha value is -2.41. The molecule has 80 valence electrons. The summed E-state index contributed by atoms with van der Waals surface area (Å²) in [5.74, 6) is 2.58. The van der Waals surface area contributed by atoms with Crippen molar-refractivity contribution in [3.05, 3.63) is 30.3 Å². The summed E-state index contributed by atoms with van der Waals surface area (Å²) >= 11 is 0. The van der Waals surface area contributed by atoms with E-state index in [1.54, 1.807) is 0 Å². The van der Waals surface area contributed by atoms with Crippen LogP contribution in [0.15, 0.2) is 34.7 Å². The predicted molar refractivity (Wildman–Crippen MR) is 60.9 cm³/mol. The normalized spacial score (nSPS) is 9.69. The molecule has 0 saturated carbocycles. The van der Waals surface area contributed by atoms with E-state index in [2.05, 4.69) is 16.2 Å². The average Bonchev–Trinajstić information content (AvgIpc) is 2.69. The van der Waals surface area contributed by atoms with Crippen molar-refractivity contribution >= 4 is 6.01 Å². The Morgan fingerprint density at radius 3 is 2.81 bits per heavy atom. The topological polar surface area (TPSA) is 58.3 Å². The smallest absolute Gasteiger partial charge is 0.299 e. The molecule has 2 rings (SSSR count). The van der Waals surface area contributed by atoms with Crippen LogP contribution in [0, 0.1) is 12.3 Å². The average molecular weight is 214 g/mol. The summed E-state index contributed by atoms with van der Waals surface area (Å²) < 4.78 is 5.33. The molecule has 1 aromatic heterocycles. The molecule has 2 N–H and O–H groups in total. The van der Waals surface area contributed by atoms with Gasteiger partial charge in [-0.2, -0.15) is 4.98 Å². The molecule has 16 heavy (non-hydrogen) atoms. The minimum atomic E-state index is -0.147. The van der Waals surface area contributed by atoms with Crippen LogP contribution in [0.5, 0.6) is 5.88 Å². The number of rotatable bonds is 3. The lowest BCUT2D eigenvalue weighted by molar-refractivity contribution is 0.453. The molecular weight excluding hydrogens is 204 g/mol. The highest BCUT2D eigenvalue weighted by atomic mass is 16.4. The molecule has 0 amide bonds. The van der Waals surface area contributed by atoms with Crippen molar-refractivity contribution in [2.75, 3.05) is 11.9 Å². The first-order valence-corrected chi connectivity index (χ1v) is 4.74. The molecular formula is C12H10N2O2. The van der Waals surface area contributed by atoms with Gasteiger partial charge in [0.2, 0.25) is 0 Å². The molecule has 4 heteroatoms. The summed E-state index contributed by atoms with van der Waals surface area (Å²) in [5.41, 5.74) is 0.765. The first-order chi connectivity index (χ1) is 7.81. The molecule has 0 spiro atoms. The molecule has 4 nitrogen and oxygen atoms in total. The monoisotopic (exact) mass is 214 g/mol. The van der Waals surface area contributed by atoms with E-state index in [1.807, 2.05) is 30.3 Å². The molecule has 0 aliphatic carbocycles. The molecule has 0 radical (unpaired) electrons. The third-order valence-corrected chi connectivity index (χ3v) is 1.99. The van der Waals surface area contributed by atoms with Crippen molar-refractivity contribution in [3.63, 3.8) is 0 Å². The first kappa shape index (κ1) is 10.1. The number of nitrogens with one attached hydrogen (secondary N) is 1. The Labute approximate surface area is 92.9 Å². The summed E-state index contributed by atoms with van der Waals surface area (Å²) in [4.78, 5) is 3.81. The van der Waals surface area contributed by atoms with Gasteiger partial charge in [-0.15, -0.1) is 6.42 Å². The van der Waals surface area contributed by atoms with Crippen LogP contribution in [0.4, 0.5) is 6.01 Å². The fraction of sp³-hybridized carbons (Fsp3) is 0.0833. The number of anilines is 1.